The average Bonchev–Trinajstić information content (AvgIpc) is 2.59. The van der Waals surface area contributed by atoms with Crippen LogP contribution in [0.15, 0.2) is 29.2 Å². The van der Waals surface area contributed by atoms with E-state index in [1.807, 2.05) is 0 Å². The molecular weight excluding hydrogens is 356 g/mol. The smallest absolute Gasteiger partial charge is 0.341 e. The number of carboxylic acids is 1. The Morgan fingerprint density at radius 2 is 1.88 bits per heavy atom. The number of carbonyl (C=O) groups is 2. The molecule has 1 aromatic rings. The third kappa shape index (κ3) is 4.75. The summed E-state index contributed by atoms with van der Waals surface area (Å²) in [6.45, 7) is 0.961. The normalized spacial score (nSPS) is 18.4. The number of sulfone groups is 1. The molecule has 25 heavy (non-hydrogen) atoms. The van der Waals surface area contributed by atoms with Gasteiger partial charge in [0.05, 0.1) is 4.90 Å². The highest BCUT2D eigenvalue weighted by Crippen LogP contribution is 2.24. The van der Waals surface area contributed by atoms with E-state index in [1.165, 1.54) is 12.1 Å². The predicted octanol–water partition coefficient (Wildman–Crippen LogP) is 2.40. The monoisotopic (exact) mass is 375 g/mol. The van der Waals surface area contributed by atoms with E-state index in [2.05, 4.69) is 0 Å². The van der Waals surface area contributed by atoms with Crippen molar-refractivity contribution in [3.63, 3.8) is 0 Å². The first kappa shape index (κ1) is 19.3. The molecule has 0 aromatic heterocycles. The number of hydrogen-bond donors (Lipinski definition) is 1. The Bertz CT molecular complexity index is 733. The van der Waals surface area contributed by atoms with Crippen molar-refractivity contribution in [1.82, 2.24) is 4.90 Å². The van der Waals surface area contributed by atoms with Gasteiger partial charge >= 0.3 is 11.7 Å². The predicted molar refractivity (Wildman–Crippen MR) is 85.1 cm³/mol. The Morgan fingerprint density at radius 3 is 2.44 bits per heavy atom. The maximum absolute atomic E-state index is 12.5. The molecule has 1 aliphatic rings. The largest absolute Gasteiger partial charge is 0.481 e. The van der Waals surface area contributed by atoms with Crippen LogP contribution in [0.1, 0.15) is 36.0 Å². The van der Waals surface area contributed by atoms with E-state index in [0.717, 1.165) is 25.0 Å². The number of piperidine rings is 1. The summed E-state index contributed by atoms with van der Waals surface area (Å²) in [6.07, 6.45) is 2.15. The second-order valence-electron chi connectivity index (χ2n) is 6.02. The Morgan fingerprint density at radius 1 is 1.24 bits per heavy atom. The fourth-order valence-electron chi connectivity index (χ4n) is 2.89. The molecule has 0 bridgehead atoms. The molecule has 1 aromatic carbocycles. The average molecular weight is 375 g/mol. The molecule has 1 heterocycles. The Hall–Kier alpha value is -2.03. The highest BCUT2D eigenvalue weighted by molar-refractivity contribution is 7.91. The van der Waals surface area contributed by atoms with Gasteiger partial charge in [0.15, 0.2) is 0 Å². The summed E-state index contributed by atoms with van der Waals surface area (Å²) in [5, 5.41) is 8.74. The van der Waals surface area contributed by atoms with Crippen molar-refractivity contribution in [2.24, 2.45) is 5.92 Å². The van der Waals surface area contributed by atoms with Gasteiger partial charge in [-0.05, 0) is 49.4 Å². The van der Waals surface area contributed by atoms with Gasteiger partial charge in [-0.1, -0.05) is 0 Å². The molecule has 1 amide bonds. The van der Waals surface area contributed by atoms with Crippen molar-refractivity contribution in [3.8, 4) is 0 Å². The van der Waals surface area contributed by atoms with Gasteiger partial charge in [0, 0.05) is 25.1 Å². The number of amides is 1. The molecule has 1 atom stereocenters. The molecule has 1 fully saturated rings. The van der Waals surface area contributed by atoms with Crippen LogP contribution in [-0.4, -0.2) is 49.1 Å². The van der Waals surface area contributed by atoms with Crippen LogP contribution < -0.4 is 0 Å². The molecule has 0 saturated carbocycles. The molecule has 1 aliphatic heterocycles. The number of benzene rings is 1. The SMILES string of the molecule is O=C(O)CCC1CCCN(C(=O)c2ccc(S(=O)(=O)C(F)F)cc2)C1. The standard InChI is InChI=1S/C16H19F2NO5S/c17-16(18)25(23,24)13-6-4-12(5-7-13)15(22)19-9-1-2-11(10-19)3-8-14(20)21/h4-7,11,16H,1-3,8-10H2,(H,20,21). The van der Waals surface area contributed by atoms with Gasteiger partial charge < -0.3 is 10.0 Å². The lowest BCUT2D eigenvalue weighted by Gasteiger charge is -2.32. The number of likely N-dealkylation sites (tertiary alicyclic amines) is 1. The Labute approximate surface area is 144 Å². The third-order valence-electron chi connectivity index (χ3n) is 4.24. The quantitative estimate of drug-likeness (QED) is 0.824. The van der Waals surface area contributed by atoms with E-state index in [0.29, 0.717) is 19.5 Å². The first-order valence-corrected chi connectivity index (χ1v) is 9.39. The molecule has 0 radical (unpaired) electrons. The van der Waals surface area contributed by atoms with Gasteiger partial charge in [0.25, 0.3) is 5.91 Å². The fraction of sp³-hybridized carbons (Fsp3) is 0.500. The number of aliphatic carboxylic acids is 1. The Balaban J connectivity index is 2.06. The number of halogens is 2. The second-order valence-corrected chi connectivity index (χ2v) is 7.94. The molecule has 1 N–H and O–H groups in total. The summed E-state index contributed by atoms with van der Waals surface area (Å²) in [6, 6.07) is 4.44. The van der Waals surface area contributed by atoms with Crippen molar-refractivity contribution >= 4 is 21.7 Å². The van der Waals surface area contributed by atoms with E-state index in [4.69, 9.17) is 5.11 Å². The van der Waals surface area contributed by atoms with Gasteiger partial charge in [-0.25, -0.2) is 8.42 Å². The lowest BCUT2D eigenvalue weighted by atomic mass is 9.93. The van der Waals surface area contributed by atoms with E-state index >= 15 is 0 Å². The van der Waals surface area contributed by atoms with E-state index < -0.39 is 26.5 Å². The van der Waals surface area contributed by atoms with Gasteiger partial charge in [0.1, 0.15) is 0 Å². The number of alkyl halides is 2. The molecule has 6 nitrogen and oxygen atoms in total. The first-order valence-electron chi connectivity index (χ1n) is 7.85. The van der Waals surface area contributed by atoms with E-state index in [9.17, 15) is 26.8 Å². The van der Waals surface area contributed by atoms with Crippen molar-refractivity contribution in [2.45, 2.75) is 36.3 Å². The molecular formula is C16H19F2NO5S. The van der Waals surface area contributed by atoms with Crippen LogP contribution in [0.2, 0.25) is 0 Å². The van der Waals surface area contributed by atoms with Crippen LogP contribution in [0.25, 0.3) is 0 Å². The molecule has 2 rings (SSSR count). The zero-order valence-corrected chi connectivity index (χ0v) is 14.2. The molecule has 138 valence electrons. The highest BCUT2D eigenvalue weighted by atomic mass is 32.2. The minimum Gasteiger partial charge on any atom is -0.481 e. The van der Waals surface area contributed by atoms with Gasteiger partial charge in [-0.2, -0.15) is 8.78 Å². The number of carboxylic acid groups (broad SMARTS) is 1. The lowest BCUT2D eigenvalue weighted by molar-refractivity contribution is -0.137. The number of rotatable bonds is 6. The van der Waals surface area contributed by atoms with Crippen molar-refractivity contribution in [1.29, 1.82) is 0 Å². The van der Waals surface area contributed by atoms with Crippen LogP contribution in [-0.2, 0) is 14.6 Å². The topological polar surface area (TPSA) is 91.8 Å². The van der Waals surface area contributed by atoms with Crippen LogP contribution in [0, 0.1) is 5.92 Å². The minimum absolute atomic E-state index is 0.0485. The van der Waals surface area contributed by atoms with E-state index in [1.54, 1.807) is 4.90 Å². The summed E-state index contributed by atoms with van der Waals surface area (Å²) in [5.41, 5.74) is 0.215. The zero-order valence-electron chi connectivity index (χ0n) is 13.4. The molecule has 1 unspecified atom stereocenters. The van der Waals surface area contributed by atoms with Crippen molar-refractivity contribution < 1.29 is 31.9 Å². The second kappa shape index (κ2) is 7.90. The maximum atomic E-state index is 12.5. The van der Waals surface area contributed by atoms with Gasteiger partial charge in [-0.15, -0.1) is 0 Å². The van der Waals surface area contributed by atoms with Gasteiger partial charge in [0.2, 0.25) is 9.84 Å². The zero-order chi connectivity index (χ0) is 18.6. The first-order chi connectivity index (χ1) is 11.7. The fourth-order valence-corrected chi connectivity index (χ4v) is 3.61. The molecule has 0 spiro atoms. The van der Waals surface area contributed by atoms with Crippen LogP contribution >= 0.6 is 0 Å². The van der Waals surface area contributed by atoms with Crippen molar-refractivity contribution in [2.75, 3.05) is 13.1 Å². The number of carbonyl (C=O) groups excluding carboxylic acids is 1. The molecule has 0 aliphatic carbocycles. The van der Waals surface area contributed by atoms with Gasteiger partial charge in [-0.3, -0.25) is 9.59 Å². The van der Waals surface area contributed by atoms with Crippen LogP contribution in [0.3, 0.4) is 0 Å². The summed E-state index contributed by atoms with van der Waals surface area (Å²) < 4.78 is 47.8. The lowest BCUT2D eigenvalue weighted by Crippen LogP contribution is -2.40. The minimum atomic E-state index is -4.68. The molecule has 9 heteroatoms. The molecule has 1 saturated heterocycles. The van der Waals surface area contributed by atoms with Crippen molar-refractivity contribution in [3.05, 3.63) is 29.8 Å². The van der Waals surface area contributed by atoms with Crippen LogP contribution in [0.4, 0.5) is 8.78 Å². The number of hydrogen-bond acceptors (Lipinski definition) is 4. The summed E-state index contributed by atoms with van der Waals surface area (Å²) in [4.78, 5) is 24.2. The number of nitrogens with zero attached hydrogens (tertiary/aromatic N) is 1. The summed E-state index contributed by atoms with van der Waals surface area (Å²) >= 11 is 0. The Kier molecular flexibility index (Phi) is 6.10. The van der Waals surface area contributed by atoms with E-state index in [-0.39, 0.29) is 23.8 Å². The maximum Gasteiger partial charge on any atom is 0.341 e. The highest BCUT2D eigenvalue weighted by Gasteiger charge is 2.28. The summed E-state index contributed by atoms with van der Waals surface area (Å²) in [5.74, 6) is -4.60. The summed E-state index contributed by atoms with van der Waals surface area (Å²) in [7, 11) is -4.68. The van der Waals surface area contributed by atoms with Crippen LogP contribution in [0.5, 0.6) is 0 Å². The third-order valence-corrected chi connectivity index (χ3v) is 5.64.